The highest BCUT2D eigenvalue weighted by Crippen LogP contribution is 2.31. The fraction of sp³-hybridized carbons (Fsp3) is 0.500. The molecular weight excluding hydrogens is 254 g/mol. The van der Waals surface area contributed by atoms with Crippen molar-refractivity contribution in [1.29, 1.82) is 0 Å². The van der Waals surface area contributed by atoms with Gasteiger partial charge >= 0.3 is 5.97 Å². The summed E-state index contributed by atoms with van der Waals surface area (Å²) < 4.78 is 0. The minimum absolute atomic E-state index is 0.0346. The van der Waals surface area contributed by atoms with Gasteiger partial charge in [0.25, 0.3) is 0 Å². The van der Waals surface area contributed by atoms with Crippen molar-refractivity contribution in [2.45, 2.75) is 38.6 Å². The van der Waals surface area contributed by atoms with Crippen LogP contribution in [0.4, 0.5) is 0 Å². The second kappa shape index (κ2) is 6.55. The lowest BCUT2D eigenvalue weighted by Gasteiger charge is -2.19. The van der Waals surface area contributed by atoms with Gasteiger partial charge in [0.2, 0.25) is 5.91 Å². The lowest BCUT2D eigenvalue weighted by molar-refractivity contribution is -0.142. The standard InChI is InChI=1S/C16H21NO3/c1-11-6-5-9-13(11)15(18)17-14(16(19)20)10-12-7-3-2-4-8-12/h2-4,7-8,11,13-14H,5-6,9-10H2,1H3,(H,17,18)(H,19,20)/t11?,13?,14-/m0/s1. The Balaban J connectivity index is 1.99. The Bertz CT molecular complexity index is 472. The molecule has 1 aliphatic rings. The van der Waals surface area contributed by atoms with Gasteiger partial charge in [-0.15, -0.1) is 0 Å². The molecule has 1 saturated carbocycles. The number of rotatable bonds is 5. The van der Waals surface area contributed by atoms with E-state index in [0.717, 1.165) is 24.8 Å². The van der Waals surface area contributed by atoms with E-state index in [1.165, 1.54) is 0 Å². The third-order valence-corrected chi connectivity index (χ3v) is 4.10. The molecule has 2 unspecified atom stereocenters. The van der Waals surface area contributed by atoms with Crippen LogP contribution < -0.4 is 5.32 Å². The molecule has 1 aromatic rings. The smallest absolute Gasteiger partial charge is 0.326 e. The van der Waals surface area contributed by atoms with E-state index in [-0.39, 0.29) is 11.8 Å². The van der Waals surface area contributed by atoms with Gasteiger partial charge in [0.05, 0.1) is 0 Å². The van der Waals surface area contributed by atoms with Crippen molar-refractivity contribution in [2.24, 2.45) is 11.8 Å². The molecule has 0 saturated heterocycles. The zero-order chi connectivity index (χ0) is 14.5. The highest BCUT2D eigenvalue weighted by atomic mass is 16.4. The van der Waals surface area contributed by atoms with Crippen LogP contribution in [0.25, 0.3) is 0 Å². The van der Waals surface area contributed by atoms with Crippen molar-refractivity contribution in [3.63, 3.8) is 0 Å². The van der Waals surface area contributed by atoms with Gasteiger partial charge in [-0.05, 0) is 24.3 Å². The summed E-state index contributed by atoms with van der Waals surface area (Å²) in [7, 11) is 0. The highest BCUT2D eigenvalue weighted by Gasteiger charge is 2.32. The van der Waals surface area contributed by atoms with Crippen molar-refractivity contribution in [3.05, 3.63) is 35.9 Å². The molecule has 0 radical (unpaired) electrons. The maximum atomic E-state index is 12.2. The first-order chi connectivity index (χ1) is 9.58. The van der Waals surface area contributed by atoms with Crippen LogP contribution in [0.3, 0.4) is 0 Å². The summed E-state index contributed by atoms with van der Waals surface area (Å²) >= 11 is 0. The average Bonchev–Trinajstić information content (AvgIpc) is 2.85. The van der Waals surface area contributed by atoms with E-state index in [0.29, 0.717) is 12.3 Å². The molecule has 0 aliphatic heterocycles. The van der Waals surface area contributed by atoms with Gasteiger partial charge in [-0.3, -0.25) is 4.79 Å². The number of aliphatic carboxylic acids is 1. The molecule has 0 bridgehead atoms. The third kappa shape index (κ3) is 3.59. The number of nitrogens with one attached hydrogen (secondary N) is 1. The van der Waals surface area contributed by atoms with Crippen LogP contribution >= 0.6 is 0 Å². The molecule has 4 nitrogen and oxygen atoms in total. The van der Waals surface area contributed by atoms with Gasteiger partial charge in [0.1, 0.15) is 6.04 Å². The first-order valence-corrected chi connectivity index (χ1v) is 7.15. The number of benzene rings is 1. The van der Waals surface area contributed by atoms with Crippen molar-refractivity contribution in [1.82, 2.24) is 5.32 Å². The van der Waals surface area contributed by atoms with E-state index >= 15 is 0 Å². The number of carbonyl (C=O) groups excluding carboxylic acids is 1. The fourth-order valence-electron chi connectivity index (χ4n) is 2.86. The molecule has 1 aliphatic carbocycles. The molecule has 2 N–H and O–H groups in total. The molecule has 1 amide bonds. The second-order valence-corrected chi connectivity index (χ2v) is 5.60. The SMILES string of the molecule is CC1CCCC1C(=O)N[C@@H](Cc1ccccc1)C(=O)O. The van der Waals surface area contributed by atoms with Gasteiger partial charge in [-0.1, -0.05) is 43.7 Å². The summed E-state index contributed by atoms with van der Waals surface area (Å²) in [5.41, 5.74) is 0.916. The average molecular weight is 275 g/mol. The largest absolute Gasteiger partial charge is 0.480 e. The lowest BCUT2D eigenvalue weighted by Crippen LogP contribution is -2.45. The fourth-order valence-corrected chi connectivity index (χ4v) is 2.86. The Kier molecular flexibility index (Phi) is 4.77. The monoisotopic (exact) mass is 275 g/mol. The van der Waals surface area contributed by atoms with Gasteiger partial charge in [0, 0.05) is 12.3 Å². The van der Waals surface area contributed by atoms with Crippen molar-refractivity contribution in [3.8, 4) is 0 Å². The van der Waals surface area contributed by atoms with Crippen molar-refractivity contribution >= 4 is 11.9 Å². The van der Waals surface area contributed by atoms with Crippen LogP contribution in [0, 0.1) is 11.8 Å². The Morgan fingerprint density at radius 1 is 1.30 bits per heavy atom. The molecule has 0 heterocycles. The molecule has 108 valence electrons. The van der Waals surface area contributed by atoms with Crippen LogP contribution in [0.2, 0.25) is 0 Å². The van der Waals surface area contributed by atoms with Crippen molar-refractivity contribution < 1.29 is 14.7 Å². The predicted octanol–water partition coefficient (Wildman–Crippen LogP) is 2.23. The second-order valence-electron chi connectivity index (χ2n) is 5.60. The Labute approximate surface area is 119 Å². The van der Waals surface area contributed by atoms with Crippen LogP contribution in [-0.4, -0.2) is 23.0 Å². The lowest BCUT2D eigenvalue weighted by atomic mass is 9.96. The highest BCUT2D eigenvalue weighted by molar-refractivity contribution is 5.85. The molecule has 1 aromatic carbocycles. The molecule has 20 heavy (non-hydrogen) atoms. The molecule has 1 fully saturated rings. The molecule has 2 rings (SSSR count). The summed E-state index contributed by atoms with van der Waals surface area (Å²) in [5, 5.41) is 12.0. The molecule has 3 atom stereocenters. The van der Waals surface area contributed by atoms with Crippen LogP contribution in [0.1, 0.15) is 31.7 Å². The number of carboxylic acids is 1. The van der Waals surface area contributed by atoms with E-state index in [9.17, 15) is 14.7 Å². The minimum Gasteiger partial charge on any atom is -0.480 e. The Morgan fingerprint density at radius 3 is 2.55 bits per heavy atom. The van der Waals surface area contributed by atoms with E-state index in [1.54, 1.807) is 0 Å². The first-order valence-electron chi connectivity index (χ1n) is 7.15. The quantitative estimate of drug-likeness (QED) is 0.866. The number of hydrogen-bond donors (Lipinski definition) is 2. The maximum absolute atomic E-state index is 12.2. The Hall–Kier alpha value is -1.84. The normalized spacial score (nSPS) is 23.2. The zero-order valence-electron chi connectivity index (χ0n) is 11.7. The number of carbonyl (C=O) groups is 2. The van der Waals surface area contributed by atoms with Gasteiger partial charge < -0.3 is 10.4 Å². The van der Waals surface area contributed by atoms with Crippen LogP contribution in [0.5, 0.6) is 0 Å². The van der Waals surface area contributed by atoms with E-state index in [2.05, 4.69) is 12.2 Å². The maximum Gasteiger partial charge on any atom is 0.326 e. The third-order valence-electron chi connectivity index (χ3n) is 4.10. The molecule has 0 spiro atoms. The summed E-state index contributed by atoms with van der Waals surface area (Å²) in [6, 6.07) is 8.53. The van der Waals surface area contributed by atoms with Gasteiger partial charge in [-0.25, -0.2) is 4.79 Å². The molecular formula is C16H21NO3. The van der Waals surface area contributed by atoms with Crippen LogP contribution in [-0.2, 0) is 16.0 Å². The number of hydrogen-bond acceptors (Lipinski definition) is 2. The minimum atomic E-state index is -0.979. The summed E-state index contributed by atoms with van der Waals surface area (Å²) in [4.78, 5) is 23.5. The zero-order valence-corrected chi connectivity index (χ0v) is 11.7. The number of carboxylic acid groups (broad SMARTS) is 1. The van der Waals surface area contributed by atoms with Gasteiger partial charge in [0.15, 0.2) is 0 Å². The van der Waals surface area contributed by atoms with Crippen molar-refractivity contribution in [2.75, 3.05) is 0 Å². The van der Waals surface area contributed by atoms with Crippen LogP contribution in [0.15, 0.2) is 30.3 Å². The topological polar surface area (TPSA) is 66.4 Å². The van der Waals surface area contributed by atoms with E-state index in [1.807, 2.05) is 30.3 Å². The van der Waals surface area contributed by atoms with Gasteiger partial charge in [-0.2, -0.15) is 0 Å². The first kappa shape index (κ1) is 14.6. The van der Waals surface area contributed by atoms with E-state index < -0.39 is 12.0 Å². The Morgan fingerprint density at radius 2 is 2.00 bits per heavy atom. The summed E-state index contributed by atoms with van der Waals surface area (Å²) in [6.45, 7) is 2.06. The molecule has 4 heteroatoms. The summed E-state index contributed by atoms with van der Waals surface area (Å²) in [6.07, 6.45) is 3.29. The molecule has 0 aromatic heterocycles. The number of amides is 1. The van der Waals surface area contributed by atoms with E-state index in [4.69, 9.17) is 0 Å². The predicted molar refractivity (Wildman–Crippen MR) is 76.2 cm³/mol. The summed E-state index contributed by atoms with van der Waals surface area (Å²) in [5.74, 6) is -0.778.